The van der Waals surface area contributed by atoms with Gasteiger partial charge in [0, 0.05) is 37.6 Å². The van der Waals surface area contributed by atoms with Crippen LogP contribution in [-0.4, -0.2) is 68.1 Å². The Morgan fingerprint density at radius 2 is 1.92 bits per heavy atom. The van der Waals surface area contributed by atoms with Crippen LogP contribution in [0.2, 0.25) is 0 Å². The van der Waals surface area contributed by atoms with Gasteiger partial charge < -0.3 is 15.4 Å². The van der Waals surface area contributed by atoms with Crippen LogP contribution in [0.5, 0.6) is 5.75 Å². The zero-order chi connectivity index (χ0) is 19.2. The van der Waals surface area contributed by atoms with Gasteiger partial charge in [-0.1, -0.05) is 0 Å². The van der Waals surface area contributed by atoms with Gasteiger partial charge in [-0.3, -0.25) is 9.69 Å². The van der Waals surface area contributed by atoms with E-state index in [4.69, 9.17) is 4.74 Å². The third kappa shape index (κ3) is 6.07. The number of halogens is 3. The molecule has 1 aromatic rings. The molecule has 1 heterocycles. The number of thioether (sulfide) groups is 1. The summed E-state index contributed by atoms with van der Waals surface area (Å²) in [6, 6.07) is 5.48. The molecule has 0 saturated carbocycles. The molecule has 0 aliphatic carbocycles. The molecule has 1 aliphatic heterocycles. The summed E-state index contributed by atoms with van der Waals surface area (Å²) in [5, 5.41) is 5.40. The van der Waals surface area contributed by atoms with Crippen LogP contribution < -0.4 is 15.4 Å². The molecule has 0 bridgehead atoms. The van der Waals surface area contributed by atoms with E-state index in [1.807, 2.05) is 18.4 Å². The van der Waals surface area contributed by atoms with Crippen LogP contribution >= 0.6 is 11.8 Å². The van der Waals surface area contributed by atoms with E-state index < -0.39 is 30.8 Å². The minimum absolute atomic E-state index is 0.299. The molecule has 0 spiro atoms. The Kier molecular flexibility index (Phi) is 7.60. The van der Waals surface area contributed by atoms with Gasteiger partial charge >= 0.3 is 6.18 Å². The number of nitrogens with one attached hydrogen (secondary N) is 2. The van der Waals surface area contributed by atoms with Crippen LogP contribution in [-0.2, 0) is 4.79 Å². The third-order valence-corrected chi connectivity index (χ3v) is 4.92. The molecule has 0 radical (unpaired) electrons. The summed E-state index contributed by atoms with van der Waals surface area (Å²) in [6.07, 6.45) is -3.34. The average molecular weight is 391 g/mol. The first-order valence-corrected chi connectivity index (χ1v) is 9.63. The second-order valence-corrected chi connectivity index (χ2v) is 6.90. The predicted octanol–water partition coefficient (Wildman–Crippen LogP) is 2.13. The van der Waals surface area contributed by atoms with E-state index in [9.17, 15) is 18.0 Å². The smallest absolute Gasteiger partial charge is 0.405 e. The molecule has 1 amide bonds. The number of benzene rings is 1. The average Bonchev–Trinajstić information content (AvgIpc) is 2.62. The van der Waals surface area contributed by atoms with Crippen LogP contribution in [0.3, 0.4) is 0 Å². The van der Waals surface area contributed by atoms with Crippen molar-refractivity contribution in [2.24, 2.45) is 0 Å². The summed E-state index contributed by atoms with van der Waals surface area (Å²) < 4.78 is 45.5. The largest absolute Gasteiger partial charge is 0.481 e. The van der Waals surface area contributed by atoms with Gasteiger partial charge in [0.15, 0.2) is 6.10 Å². The first kappa shape index (κ1) is 20.9. The Bertz CT molecular complexity index is 578. The van der Waals surface area contributed by atoms with Crippen LogP contribution in [0.25, 0.3) is 0 Å². The highest BCUT2D eigenvalue weighted by molar-refractivity contribution is 7.98. The quantitative estimate of drug-likeness (QED) is 0.698. The highest BCUT2D eigenvalue weighted by Gasteiger charge is 2.44. The van der Waals surface area contributed by atoms with Crippen molar-refractivity contribution in [1.82, 2.24) is 15.5 Å². The molecule has 0 aromatic heterocycles. The number of carbonyl (C=O) groups is 1. The van der Waals surface area contributed by atoms with Crippen LogP contribution in [0, 0.1) is 0 Å². The van der Waals surface area contributed by atoms with Gasteiger partial charge in [-0.05, 0) is 37.4 Å². The highest BCUT2D eigenvalue weighted by Crippen LogP contribution is 2.25. The molecule has 1 aliphatic rings. The van der Waals surface area contributed by atoms with E-state index in [0.717, 1.165) is 4.90 Å². The van der Waals surface area contributed by atoms with Crippen molar-refractivity contribution in [1.29, 1.82) is 0 Å². The lowest BCUT2D eigenvalue weighted by atomic mass is 10.2. The molecule has 5 nitrogen and oxygen atoms in total. The molecule has 146 valence electrons. The van der Waals surface area contributed by atoms with Crippen LogP contribution in [0.1, 0.15) is 6.92 Å². The van der Waals surface area contributed by atoms with E-state index in [1.54, 1.807) is 23.9 Å². The summed E-state index contributed by atoms with van der Waals surface area (Å²) in [6.45, 7) is 2.65. The number of amides is 1. The zero-order valence-corrected chi connectivity index (χ0v) is 15.6. The second kappa shape index (κ2) is 9.48. The summed E-state index contributed by atoms with van der Waals surface area (Å²) in [5.41, 5.74) is 0. The summed E-state index contributed by atoms with van der Waals surface area (Å²) in [5.74, 6) is -0.0664. The Labute approximate surface area is 155 Å². The van der Waals surface area contributed by atoms with Gasteiger partial charge in [0.05, 0.1) is 0 Å². The van der Waals surface area contributed by atoms with Crippen LogP contribution in [0.4, 0.5) is 13.2 Å². The minimum atomic E-state index is -4.40. The fraction of sp³-hybridized carbons (Fsp3) is 0.588. The molecule has 9 heteroatoms. The molecule has 26 heavy (non-hydrogen) atoms. The molecule has 1 aromatic carbocycles. The van der Waals surface area contributed by atoms with Crippen molar-refractivity contribution in [3.8, 4) is 5.75 Å². The molecule has 2 rings (SSSR count). The molecule has 2 atom stereocenters. The first-order chi connectivity index (χ1) is 12.3. The Morgan fingerprint density at radius 3 is 2.46 bits per heavy atom. The molecule has 2 N–H and O–H groups in total. The first-order valence-electron chi connectivity index (χ1n) is 8.41. The van der Waals surface area contributed by atoms with E-state index in [0.29, 0.717) is 31.9 Å². The van der Waals surface area contributed by atoms with Crippen LogP contribution in [0.15, 0.2) is 29.2 Å². The number of ether oxygens (including phenoxy) is 1. The number of nitrogens with zero attached hydrogens (tertiary/aromatic N) is 1. The summed E-state index contributed by atoms with van der Waals surface area (Å²) >= 11 is 1.58. The lowest BCUT2D eigenvalue weighted by Gasteiger charge is -2.36. The normalized spacial score (nSPS) is 18.2. The lowest BCUT2D eigenvalue weighted by molar-refractivity contribution is -0.184. The summed E-state index contributed by atoms with van der Waals surface area (Å²) in [4.78, 5) is 14.6. The molecule has 1 saturated heterocycles. The van der Waals surface area contributed by atoms with Gasteiger partial charge in [0.2, 0.25) is 0 Å². The van der Waals surface area contributed by atoms with Gasteiger partial charge in [-0.15, -0.1) is 11.8 Å². The Morgan fingerprint density at radius 1 is 1.31 bits per heavy atom. The number of carbonyl (C=O) groups excluding carboxylic acids is 1. The van der Waals surface area contributed by atoms with Crippen molar-refractivity contribution in [3.05, 3.63) is 24.3 Å². The number of alkyl halides is 3. The number of hydrogen-bond acceptors (Lipinski definition) is 5. The maximum atomic E-state index is 13.3. The molecular weight excluding hydrogens is 367 g/mol. The van der Waals surface area contributed by atoms with E-state index in [-0.39, 0.29) is 0 Å². The second-order valence-electron chi connectivity index (χ2n) is 6.02. The number of hydrogen-bond donors (Lipinski definition) is 2. The molecular formula is C17H24F3N3O2S. The SMILES string of the molecule is CSc1ccc(OC(C)C(=O)NCC(N2CCNCC2)C(F)(F)F)cc1. The van der Waals surface area contributed by atoms with Crippen molar-refractivity contribution in [2.75, 3.05) is 39.0 Å². The van der Waals surface area contributed by atoms with Crippen molar-refractivity contribution >= 4 is 17.7 Å². The maximum absolute atomic E-state index is 13.3. The van der Waals surface area contributed by atoms with Gasteiger partial charge in [0.25, 0.3) is 5.91 Å². The lowest BCUT2D eigenvalue weighted by Crippen LogP contribution is -2.58. The zero-order valence-electron chi connectivity index (χ0n) is 14.8. The minimum Gasteiger partial charge on any atom is -0.481 e. The van der Waals surface area contributed by atoms with Gasteiger partial charge in [-0.25, -0.2) is 0 Å². The topological polar surface area (TPSA) is 53.6 Å². The predicted molar refractivity (Wildman–Crippen MR) is 95.6 cm³/mol. The standard InChI is InChI=1S/C17H24F3N3O2S/c1-12(25-13-3-5-14(26-2)6-4-13)16(24)22-11-15(17(18,19)20)23-9-7-21-8-10-23/h3-6,12,15,21H,7-11H2,1-2H3,(H,22,24). The van der Waals surface area contributed by atoms with Crippen molar-refractivity contribution in [2.45, 2.75) is 30.1 Å². The molecule has 2 unspecified atom stereocenters. The molecule has 1 fully saturated rings. The van der Waals surface area contributed by atoms with Crippen molar-refractivity contribution in [3.63, 3.8) is 0 Å². The third-order valence-electron chi connectivity index (χ3n) is 4.18. The fourth-order valence-corrected chi connectivity index (χ4v) is 3.11. The highest BCUT2D eigenvalue weighted by atomic mass is 32.2. The van der Waals surface area contributed by atoms with E-state index >= 15 is 0 Å². The summed E-state index contributed by atoms with van der Waals surface area (Å²) in [7, 11) is 0. The Balaban J connectivity index is 1.89. The Hall–Kier alpha value is -1.45. The maximum Gasteiger partial charge on any atom is 0.405 e. The van der Waals surface area contributed by atoms with Crippen molar-refractivity contribution < 1.29 is 22.7 Å². The monoisotopic (exact) mass is 391 g/mol. The number of rotatable bonds is 7. The van der Waals surface area contributed by atoms with E-state index in [1.165, 1.54) is 11.8 Å². The van der Waals surface area contributed by atoms with Gasteiger partial charge in [-0.2, -0.15) is 13.2 Å². The number of piperazine rings is 1. The fourth-order valence-electron chi connectivity index (χ4n) is 2.70. The van der Waals surface area contributed by atoms with Gasteiger partial charge in [0.1, 0.15) is 11.8 Å². The van der Waals surface area contributed by atoms with E-state index in [2.05, 4.69) is 10.6 Å².